The fourth-order valence-electron chi connectivity index (χ4n) is 2.17. The van der Waals surface area contributed by atoms with Crippen LogP contribution in [0, 0.1) is 12.3 Å². The van der Waals surface area contributed by atoms with Gasteiger partial charge in [-0.15, -0.1) is 0 Å². The van der Waals surface area contributed by atoms with Gasteiger partial charge in [0.05, 0.1) is 5.56 Å². The third-order valence-electron chi connectivity index (χ3n) is 3.45. The van der Waals surface area contributed by atoms with Crippen molar-refractivity contribution in [2.45, 2.75) is 13.5 Å². The smallest absolute Gasteiger partial charge is 0.341 e. The van der Waals surface area contributed by atoms with Crippen LogP contribution < -0.4 is 15.8 Å². The van der Waals surface area contributed by atoms with E-state index < -0.39 is 12.6 Å². The summed E-state index contributed by atoms with van der Waals surface area (Å²) in [7, 11) is 0. The van der Waals surface area contributed by atoms with E-state index >= 15 is 0 Å². The molecule has 0 aliphatic rings. The number of nitrogens with one attached hydrogen (secondary N) is 2. The Balaban J connectivity index is 2.08. The summed E-state index contributed by atoms with van der Waals surface area (Å²) >= 11 is 0. The number of aliphatic carboxylic acids is 1. The minimum Gasteiger partial charge on any atom is -0.481 e. The largest absolute Gasteiger partial charge is 0.481 e. The molecule has 0 fully saturated rings. The maximum atomic E-state index is 12.4. The number of carbonyl (C=O) groups excluding carboxylic acids is 1. The average molecular weight is 341 g/mol. The molecule has 2 rings (SSSR count). The second-order valence-corrected chi connectivity index (χ2v) is 5.48. The number of benzene rings is 2. The second-order valence-electron chi connectivity index (χ2n) is 5.48. The Morgan fingerprint density at radius 3 is 2.48 bits per heavy atom. The first-order valence-electron chi connectivity index (χ1n) is 7.53. The molecule has 0 unspecified atom stereocenters. The highest BCUT2D eigenvalue weighted by Gasteiger charge is 2.14. The van der Waals surface area contributed by atoms with E-state index in [2.05, 4.69) is 5.32 Å². The molecule has 1 amide bonds. The summed E-state index contributed by atoms with van der Waals surface area (Å²) in [5.74, 6) is -1.27. The van der Waals surface area contributed by atoms with Crippen molar-refractivity contribution in [3.05, 3.63) is 64.7 Å². The maximum Gasteiger partial charge on any atom is 0.341 e. The van der Waals surface area contributed by atoms with Crippen LogP contribution in [0.4, 0.5) is 0 Å². The predicted octanol–water partition coefficient (Wildman–Crippen LogP) is 1.67. The molecule has 0 radical (unpaired) electrons. The molecule has 0 aliphatic carbocycles. The van der Waals surface area contributed by atoms with Crippen molar-refractivity contribution in [1.82, 2.24) is 5.32 Å². The minimum atomic E-state index is -1.11. The van der Waals surface area contributed by atoms with Gasteiger partial charge < -0.3 is 20.9 Å². The molecule has 0 saturated carbocycles. The van der Waals surface area contributed by atoms with Crippen molar-refractivity contribution < 1.29 is 19.4 Å². The van der Waals surface area contributed by atoms with Crippen molar-refractivity contribution in [3.63, 3.8) is 0 Å². The SMILES string of the molecule is Cc1ccc(OCC(=O)O)c(C(=O)NCc2ccc(C(=N)N)cc2)c1. The topological polar surface area (TPSA) is 125 Å². The molecule has 0 saturated heterocycles. The molecule has 0 aliphatic heterocycles. The summed E-state index contributed by atoms with van der Waals surface area (Å²) in [5, 5.41) is 18.8. The molecule has 0 heterocycles. The summed E-state index contributed by atoms with van der Waals surface area (Å²) in [6, 6.07) is 11.9. The van der Waals surface area contributed by atoms with E-state index in [1.165, 1.54) is 0 Å². The predicted molar refractivity (Wildman–Crippen MR) is 92.9 cm³/mol. The summed E-state index contributed by atoms with van der Waals surface area (Å²) in [6.45, 7) is 1.59. The van der Waals surface area contributed by atoms with Gasteiger partial charge in [0.2, 0.25) is 0 Å². The molecule has 0 atom stereocenters. The molecular weight excluding hydrogens is 322 g/mol. The van der Waals surface area contributed by atoms with Gasteiger partial charge in [-0.1, -0.05) is 35.9 Å². The van der Waals surface area contributed by atoms with Gasteiger partial charge in [-0.2, -0.15) is 0 Å². The number of rotatable bonds is 7. The number of carboxylic acids is 1. The van der Waals surface area contributed by atoms with Gasteiger partial charge in [0.25, 0.3) is 5.91 Å². The van der Waals surface area contributed by atoms with E-state index in [1.54, 1.807) is 42.5 Å². The summed E-state index contributed by atoms with van der Waals surface area (Å²) in [6.07, 6.45) is 0. The fraction of sp³-hybridized carbons (Fsp3) is 0.167. The lowest BCUT2D eigenvalue weighted by molar-refractivity contribution is -0.139. The zero-order chi connectivity index (χ0) is 18.4. The number of nitrogen functional groups attached to an aromatic ring is 1. The van der Waals surface area contributed by atoms with Crippen LogP contribution in [0.1, 0.15) is 27.0 Å². The standard InChI is InChI=1S/C18H19N3O4/c1-11-2-7-15(25-10-16(22)23)14(8-11)18(24)21-9-12-3-5-13(6-4-12)17(19)20/h2-8H,9-10H2,1H3,(H3,19,20)(H,21,24)(H,22,23). The maximum absolute atomic E-state index is 12.4. The van der Waals surface area contributed by atoms with Gasteiger partial charge in [0, 0.05) is 12.1 Å². The van der Waals surface area contributed by atoms with Crippen molar-refractivity contribution in [2.75, 3.05) is 6.61 Å². The molecule has 7 nitrogen and oxygen atoms in total. The van der Waals surface area contributed by atoms with Gasteiger partial charge in [0.15, 0.2) is 6.61 Å². The van der Waals surface area contributed by atoms with Crippen molar-refractivity contribution in [3.8, 4) is 5.75 Å². The second kappa shape index (κ2) is 7.96. The quantitative estimate of drug-likeness (QED) is 0.450. The van der Waals surface area contributed by atoms with Crippen molar-refractivity contribution >= 4 is 17.7 Å². The van der Waals surface area contributed by atoms with Crippen LogP contribution >= 0.6 is 0 Å². The van der Waals surface area contributed by atoms with E-state index in [0.29, 0.717) is 5.56 Å². The van der Waals surface area contributed by atoms with E-state index in [-0.39, 0.29) is 29.6 Å². The highest BCUT2D eigenvalue weighted by molar-refractivity contribution is 5.97. The van der Waals surface area contributed by atoms with E-state index in [4.69, 9.17) is 21.0 Å². The third kappa shape index (κ3) is 5.07. The number of hydrogen-bond donors (Lipinski definition) is 4. The van der Waals surface area contributed by atoms with Crippen molar-refractivity contribution in [2.24, 2.45) is 5.73 Å². The molecule has 0 bridgehead atoms. The van der Waals surface area contributed by atoms with Crippen molar-refractivity contribution in [1.29, 1.82) is 5.41 Å². The van der Waals surface area contributed by atoms with Crippen LogP contribution in [-0.2, 0) is 11.3 Å². The molecule has 2 aromatic carbocycles. The summed E-state index contributed by atoms with van der Waals surface area (Å²) < 4.78 is 5.17. The van der Waals surface area contributed by atoms with Gasteiger partial charge in [-0.25, -0.2) is 4.79 Å². The van der Waals surface area contributed by atoms with E-state index in [9.17, 15) is 9.59 Å². The Morgan fingerprint density at radius 1 is 1.20 bits per heavy atom. The minimum absolute atomic E-state index is 0.0180. The zero-order valence-electron chi connectivity index (χ0n) is 13.7. The third-order valence-corrected chi connectivity index (χ3v) is 3.45. The molecule has 25 heavy (non-hydrogen) atoms. The van der Waals surface area contributed by atoms with Crippen LogP contribution in [0.25, 0.3) is 0 Å². The van der Waals surface area contributed by atoms with Gasteiger partial charge in [-0.3, -0.25) is 10.2 Å². The van der Waals surface area contributed by atoms with Gasteiger partial charge in [0.1, 0.15) is 11.6 Å². The zero-order valence-corrected chi connectivity index (χ0v) is 13.7. The number of ether oxygens (including phenoxy) is 1. The Morgan fingerprint density at radius 2 is 1.88 bits per heavy atom. The first-order chi connectivity index (χ1) is 11.9. The van der Waals surface area contributed by atoms with Crippen LogP contribution in [-0.4, -0.2) is 29.4 Å². The number of carbonyl (C=O) groups is 2. The average Bonchev–Trinajstić information content (AvgIpc) is 2.58. The Kier molecular flexibility index (Phi) is 5.73. The number of amides is 1. The summed E-state index contributed by atoms with van der Waals surface area (Å²) in [5.41, 5.74) is 8.00. The highest BCUT2D eigenvalue weighted by atomic mass is 16.5. The monoisotopic (exact) mass is 341 g/mol. The number of amidine groups is 1. The number of aryl methyl sites for hydroxylation is 1. The molecule has 5 N–H and O–H groups in total. The Labute approximate surface area is 144 Å². The molecule has 7 heteroatoms. The van der Waals surface area contributed by atoms with Crippen LogP contribution in [0.3, 0.4) is 0 Å². The first-order valence-corrected chi connectivity index (χ1v) is 7.53. The number of carboxylic acid groups (broad SMARTS) is 1. The van der Waals surface area contributed by atoms with Crippen LogP contribution in [0.15, 0.2) is 42.5 Å². The molecular formula is C18H19N3O4. The lowest BCUT2D eigenvalue weighted by Crippen LogP contribution is -2.24. The van der Waals surface area contributed by atoms with E-state index in [1.807, 2.05) is 6.92 Å². The number of nitrogens with two attached hydrogens (primary N) is 1. The Hall–Kier alpha value is -3.35. The summed E-state index contributed by atoms with van der Waals surface area (Å²) in [4.78, 5) is 23.1. The van der Waals surface area contributed by atoms with Gasteiger partial charge in [-0.05, 0) is 24.6 Å². The molecule has 2 aromatic rings. The molecule has 0 aromatic heterocycles. The van der Waals surface area contributed by atoms with E-state index in [0.717, 1.165) is 11.1 Å². The number of hydrogen-bond acceptors (Lipinski definition) is 4. The molecule has 0 spiro atoms. The highest BCUT2D eigenvalue weighted by Crippen LogP contribution is 2.20. The fourth-order valence-corrected chi connectivity index (χ4v) is 2.17. The first kappa shape index (κ1) is 18.0. The van der Waals surface area contributed by atoms with Crippen LogP contribution in [0.2, 0.25) is 0 Å². The lowest BCUT2D eigenvalue weighted by atomic mass is 10.1. The lowest BCUT2D eigenvalue weighted by Gasteiger charge is -2.12. The van der Waals surface area contributed by atoms with Gasteiger partial charge >= 0.3 is 5.97 Å². The van der Waals surface area contributed by atoms with Crippen LogP contribution in [0.5, 0.6) is 5.75 Å². The Bertz CT molecular complexity index is 800. The normalized spacial score (nSPS) is 10.1. The molecule has 130 valence electrons.